The van der Waals surface area contributed by atoms with E-state index in [1.807, 2.05) is 60.7 Å². The van der Waals surface area contributed by atoms with Gasteiger partial charge in [0.1, 0.15) is 18.8 Å². The van der Waals surface area contributed by atoms with Crippen molar-refractivity contribution in [3.63, 3.8) is 0 Å². The topological polar surface area (TPSA) is 79.8 Å². The molecule has 0 heterocycles. The van der Waals surface area contributed by atoms with Crippen molar-refractivity contribution in [1.82, 2.24) is 5.43 Å². The summed E-state index contributed by atoms with van der Waals surface area (Å²) in [6.45, 7) is 0.366. The van der Waals surface area contributed by atoms with Crippen LogP contribution in [0.25, 0.3) is 10.8 Å². The molecule has 0 aliphatic carbocycles. The lowest BCUT2D eigenvalue weighted by Gasteiger charge is -2.12. The summed E-state index contributed by atoms with van der Waals surface area (Å²) in [5.41, 5.74) is 4.44. The number of nitrogens with zero attached hydrogens (tertiary/aromatic N) is 1. The Morgan fingerprint density at radius 2 is 1.69 bits per heavy atom. The summed E-state index contributed by atoms with van der Waals surface area (Å²) >= 11 is 15.5. The van der Waals surface area contributed by atoms with Gasteiger partial charge in [-0.25, -0.2) is 5.43 Å². The second kappa shape index (κ2) is 12.0. The van der Waals surface area contributed by atoms with E-state index < -0.39 is 18.2 Å². The highest BCUT2D eigenvalue weighted by Crippen LogP contribution is 2.30. The number of benzene rings is 4. The largest absolute Gasteiger partial charge is 0.488 e. The van der Waals surface area contributed by atoms with Crippen LogP contribution in [0.2, 0.25) is 10.0 Å². The highest BCUT2D eigenvalue weighted by atomic mass is 79.9. The molecule has 0 aliphatic rings. The molecule has 36 heavy (non-hydrogen) atoms. The van der Waals surface area contributed by atoms with Gasteiger partial charge in [0.05, 0.1) is 21.9 Å². The first-order valence-corrected chi connectivity index (χ1v) is 12.4. The van der Waals surface area contributed by atoms with Gasteiger partial charge in [0.25, 0.3) is 0 Å². The van der Waals surface area contributed by atoms with Crippen molar-refractivity contribution in [1.29, 1.82) is 0 Å². The van der Waals surface area contributed by atoms with Gasteiger partial charge in [0.15, 0.2) is 0 Å². The number of hydrazone groups is 1. The molecule has 6 nitrogen and oxygen atoms in total. The van der Waals surface area contributed by atoms with E-state index >= 15 is 0 Å². The number of ether oxygens (including phenoxy) is 1. The fourth-order valence-corrected chi connectivity index (χ4v) is 4.04. The summed E-state index contributed by atoms with van der Waals surface area (Å²) in [6.07, 6.45) is 1.07. The monoisotopic (exact) mass is 583 g/mol. The van der Waals surface area contributed by atoms with Gasteiger partial charge in [-0.1, -0.05) is 87.7 Å². The van der Waals surface area contributed by atoms with Crippen LogP contribution < -0.4 is 15.5 Å². The normalized spacial score (nSPS) is 11.0. The van der Waals surface area contributed by atoms with E-state index in [2.05, 4.69) is 31.8 Å². The maximum Gasteiger partial charge on any atom is 0.249 e. The van der Waals surface area contributed by atoms with E-state index in [0.29, 0.717) is 28.6 Å². The Morgan fingerprint density at radius 1 is 0.917 bits per heavy atom. The molecule has 0 fully saturated rings. The zero-order valence-corrected chi connectivity index (χ0v) is 21.9. The second-order valence-corrected chi connectivity index (χ2v) is 9.43. The molecule has 0 spiro atoms. The van der Waals surface area contributed by atoms with Crippen LogP contribution in [0.4, 0.5) is 5.69 Å². The molecule has 4 aromatic rings. The van der Waals surface area contributed by atoms with E-state index in [4.69, 9.17) is 27.9 Å². The van der Waals surface area contributed by atoms with Crippen LogP contribution in [-0.2, 0) is 16.2 Å². The molecule has 4 aromatic carbocycles. The summed E-state index contributed by atoms with van der Waals surface area (Å²) in [5.74, 6) is -0.516. The highest BCUT2D eigenvalue weighted by molar-refractivity contribution is 9.10. The lowest BCUT2D eigenvalue weighted by molar-refractivity contribution is -0.126. The van der Waals surface area contributed by atoms with Gasteiger partial charge >= 0.3 is 0 Å². The van der Waals surface area contributed by atoms with Crippen LogP contribution in [0.1, 0.15) is 17.5 Å². The molecule has 0 aliphatic heterocycles. The molecule has 2 amide bonds. The number of carbonyl (C=O) groups excluding carboxylic acids is 2. The van der Waals surface area contributed by atoms with Crippen LogP contribution in [0.15, 0.2) is 88.4 Å². The van der Waals surface area contributed by atoms with Crippen molar-refractivity contribution in [3.8, 4) is 5.75 Å². The number of amides is 2. The number of fused-ring (bicyclic) bond motifs is 1. The Kier molecular flexibility index (Phi) is 8.59. The number of nitrogens with one attached hydrogen (secondary N) is 2. The molecule has 0 atom stereocenters. The maximum absolute atomic E-state index is 12.3. The molecule has 2 N–H and O–H groups in total. The number of rotatable bonds is 8. The fourth-order valence-electron chi connectivity index (χ4n) is 3.43. The molecule has 0 unspecified atom stereocenters. The van der Waals surface area contributed by atoms with Crippen LogP contribution in [0.5, 0.6) is 5.75 Å². The first-order chi connectivity index (χ1) is 17.4. The number of hydrogen-bond donors (Lipinski definition) is 2. The van der Waals surface area contributed by atoms with Crippen LogP contribution in [-0.4, -0.2) is 18.0 Å². The van der Waals surface area contributed by atoms with E-state index in [9.17, 15) is 9.59 Å². The van der Waals surface area contributed by atoms with E-state index in [1.54, 1.807) is 18.2 Å². The summed E-state index contributed by atoms with van der Waals surface area (Å²) in [7, 11) is 0. The molecule has 0 radical (unpaired) electrons. The minimum Gasteiger partial charge on any atom is -0.488 e. The maximum atomic E-state index is 12.3. The Hall–Kier alpha value is -3.39. The van der Waals surface area contributed by atoms with E-state index in [1.165, 1.54) is 6.21 Å². The molecule has 9 heteroatoms. The summed E-state index contributed by atoms with van der Waals surface area (Å²) < 4.78 is 7.06. The van der Waals surface area contributed by atoms with Gasteiger partial charge in [0.2, 0.25) is 11.8 Å². The Balaban J connectivity index is 1.44. The van der Waals surface area contributed by atoms with Crippen molar-refractivity contribution in [2.45, 2.75) is 13.0 Å². The van der Waals surface area contributed by atoms with Crippen molar-refractivity contribution in [2.24, 2.45) is 5.10 Å². The number of halogens is 3. The molecule has 182 valence electrons. The van der Waals surface area contributed by atoms with E-state index in [-0.39, 0.29) is 5.02 Å². The molecular weight excluding hydrogens is 565 g/mol. The van der Waals surface area contributed by atoms with E-state index in [0.717, 1.165) is 20.8 Å². The average molecular weight is 585 g/mol. The highest BCUT2D eigenvalue weighted by Gasteiger charge is 2.13. The number of hydrogen-bond acceptors (Lipinski definition) is 4. The molecule has 4 rings (SSSR count). The van der Waals surface area contributed by atoms with Gasteiger partial charge in [-0.2, -0.15) is 5.10 Å². The van der Waals surface area contributed by atoms with Gasteiger partial charge in [-0.3, -0.25) is 9.59 Å². The Bertz CT molecular complexity index is 1440. The third-order valence-electron chi connectivity index (χ3n) is 5.17. The summed E-state index contributed by atoms with van der Waals surface area (Å²) in [5, 5.41) is 9.06. The Labute approximate surface area is 226 Å². The third kappa shape index (κ3) is 6.63. The predicted molar refractivity (Wildman–Crippen MR) is 148 cm³/mol. The van der Waals surface area contributed by atoms with Gasteiger partial charge in [-0.05, 0) is 46.7 Å². The lowest BCUT2D eigenvalue weighted by atomic mass is 10.0. The van der Waals surface area contributed by atoms with Crippen molar-refractivity contribution >= 4 is 73.6 Å². The van der Waals surface area contributed by atoms with Crippen molar-refractivity contribution in [3.05, 3.63) is 105 Å². The zero-order chi connectivity index (χ0) is 25.5. The van der Waals surface area contributed by atoms with Crippen LogP contribution in [0.3, 0.4) is 0 Å². The molecule has 0 aromatic heterocycles. The summed E-state index contributed by atoms with van der Waals surface area (Å²) in [4.78, 5) is 24.5. The molecule has 0 bridgehead atoms. The van der Waals surface area contributed by atoms with Crippen molar-refractivity contribution in [2.75, 3.05) is 5.32 Å². The SMILES string of the molecule is O=C(CC(=O)Nc1cccc(Cl)c1Cl)NN=Cc1c(OCc2ccc(Br)cc2)ccc2ccccc12. The van der Waals surface area contributed by atoms with Crippen LogP contribution in [0, 0.1) is 0 Å². The number of carbonyl (C=O) groups is 2. The minimum absolute atomic E-state index is 0.206. The quantitative estimate of drug-likeness (QED) is 0.133. The zero-order valence-electron chi connectivity index (χ0n) is 18.8. The van der Waals surface area contributed by atoms with Gasteiger partial charge in [-0.15, -0.1) is 0 Å². The average Bonchev–Trinajstić information content (AvgIpc) is 2.87. The van der Waals surface area contributed by atoms with Gasteiger partial charge < -0.3 is 10.1 Å². The molecule has 0 saturated carbocycles. The standard InChI is InChI=1S/C27H20BrCl2N3O3/c28-19-11-8-17(9-12-19)16-36-24-13-10-18-4-1-2-5-20(18)21(24)15-31-33-26(35)14-25(34)32-23-7-3-6-22(29)27(23)30/h1-13,15H,14,16H2,(H,32,34)(H,33,35). The smallest absolute Gasteiger partial charge is 0.249 e. The lowest BCUT2D eigenvalue weighted by Crippen LogP contribution is -2.24. The third-order valence-corrected chi connectivity index (χ3v) is 6.52. The summed E-state index contributed by atoms with van der Waals surface area (Å²) in [6, 6.07) is 24.3. The molecule has 0 saturated heterocycles. The van der Waals surface area contributed by atoms with Gasteiger partial charge in [0, 0.05) is 10.0 Å². The molecular formula is C27H20BrCl2N3O3. The first-order valence-electron chi connectivity index (χ1n) is 10.9. The minimum atomic E-state index is -0.584. The Morgan fingerprint density at radius 3 is 2.50 bits per heavy atom. The van der Waals surface area contributed by atoms with Crippen molar-refractivity contribution < 1.29 is 14.3 Å². The first kappa shape index (κ1) is 25.7. The predicted octanol–water partition coefficient (Wildman–Crippen LogP) is 6.97. The van der Waals surface area contributed by atoms with Crippen LogP contribution >= 0.6 is 39.1 Å². The second-order valence-electron chi connectivity index (χ2n) is 7.73. The number of anilines is 1. The fraction of sp³-hybridized carbons (Fsp3) is 0.0741.